The number of halogens is 1. The van der Waals surface area contributed by atoms with Gasteiger partial charge in [0.1, 0.15) is 5.75 Å². The van der Waals surface area contributed by atoms with E-state index in [0.29, 0.717) is 18.1 Å². The minimum Gasteiger partial charge on any atom is -0.493 e. The summed E-state index contributed by atoms with van der Waals surface area (Å²) in [7, 11) is 0. The third-order valence-corrected chi connectivity index (χ3v) is 4.84. The summed E-state index contributed by atoms with van der Waals surface area (Å²) < 4.78 is 5.64. The van der Waals surface area contributed by atoms with Gasteiger partial charge in [0.2, 0.25) is 5.91 Å². The normalized spacial score (nSPS) is 19.0. The Balaban J connectivity index is 1.61. The van der Waals surface area contributed by atoms with Crippen LogP contribution in [0.5, 0.6) is 5.75 Å². The first-order chi connectivity index (χ1) is 11.7. The summed E-state index contributed by atoms with van der Waals surface area (Å²) >= 11 is 6.10. The monoisotopic (exact) mass is 343 g/mol. The maximum absolute atomic E-state index is 12.9. The van der Waals surface area contributed by atoms with E-state index in [1.807, 2.05) is 18.3 Å². The van der Waals surface area contributed by atoms with Crippen LogP contribution in [0.15, 0.2) is 30.6 Å². The van der Waals surface area contributed by atoms with Crippen molar-refractivity contribution in [1.82, 2.24) is 10.3 Å². The first-order valence-electron chi connectivity index (χ1n) is 8.12. The smallest absolute Gasteiger partial charge is 0.232 e. The molecule has 5 nitrogen and oxygen atoms in total. The maximum Gasteiger partial charge on any atom is 0.232 e. The number of carbonyl (C=O) groups is 1. The summed E-state index contributed by atoms with van der Waals surface area (Å²) in [5.74, 6) is 0.433. The van der Waals surface area contributed by atoms with Crippen molar-refractivity contribution >= 4 is 23.2 Å². The fourth-order valence-corrected chi connectivity index (χ4v) is 3.54. The zero-order chi connectivity index (χ0) is 16.5. The molecule has 24 heavy (non-hydrogen) atoms. The van der Waals surface area contributed by atoms with E-state index in [9.17, 15) is 4.79 Å². The lowest BCUT2D eigenvalue weighted by Crippen LogP contribution is -2.29. The van der Waals surface area contributed by atoms with Crippen LogP contribution in [0.2, 0.25) is 5.02 Å². The van der Waals surface area contributed by atoms with E-state index in [1.54, 1.807) is 12.3 Å². The Labute approximate surface area is 145 Å². The van der Waals surface area contributed by atoms with E-state index in [2.05, 4.69) is 15.6 Å². The molecule has 2 aliphatic heterocycles. The van der Waals surface area contributed by atoms with Gasteiger partial charge in [-0.2, -0.15) is 0 Å². The largest absolute Gasteiger partial charge is 0.493 e. The SMILES string of the molecule is O=C(Nc1cncc2c1CNCC2)C1CCOc2ccc(Cl)cc21. The Morgan fingerprint density at radius 2 is 2.29 bits per heavy atom. The predicted octanol–water partition coefficient (Wildman–Crippen LogP) is 2.89. The molecule has 2 aromatic rings. The van der Waals surface area contributed by atoms with Gasteiger partial charge in [-0.15, -0.1) is 0 Å². The van der Waals surface area contributed by atoms with E-state index in [4.69, 9.17) is 16.3 Å². The number of nitrogens with one attached hydrogen (secondary N) is 2. The first-order valence-corrected chi connectivity index (χ1v) is 8.50. The highest BCUT2D eigenvalue weighted by atomic mass is 35.5. The molecule has 0 saturated carbocycles. The van der Waals surface area contributed by atoms with E-state index in [0.717, 1.165) is 42.1 Å². The van der Waals surface area contributed by atoms with Crippen molar-refractivity contribution < 1.29 is 9.53 Å². The second-order valence-electron chi connectivity index (χ2n) is 6.11. The van der Waals surface area contributed by atoms with Crippen molar-refractivity contribution in [3.05, 3.63) is 52.3 Å². The lowest BCUT2D eigenvalue weighted by molar-refractivity contribution is -0.118. The van der Waals surface area contributed by atoms with E-state index < -0.39 is 0 Å². The van der Waals surface area contributed by atoms with Gasteiger partial charge in [0, 0.05) is 23.3 Å². The fourth-order valence-electron chi connectivity index (χ4n) is 3.36. The third kappa shape index (κ3) is 2.85. The number of nitrogens with zero attached hydrogens (tertiary/aromatic N) is 1. The Kier molecular flexibility index (Phi) is 4.12. The Morgan fingerprint density at radius 3 is 3.21 bits per heavy atom. The van der Waals surface area contributed by atoms with Crippen LogP contribution in [0.1, 0.15) is 29.0 Å². The quantitative estimate of drug-likeness (QED) is 0.880. The van der Waals surface area contributed by atoms with Crippen LogP contribution in [0.25, 0.3) is 0 Å². The predicted molar refractivity (Wildman–Crippen MR) is 92.6 cm³/mol. The van der Waals surface area contributed by atoms with Gasteiger partial charge in [-0.25, -0.2) is 0 Å². The zero-order valence-electron chi connectivity index (χ0n) is 13.1. The molecular formula is C18H18ClN3O2. The minimum absolute atomic E-state index is 0.0393. The van der Waals surface area contributed by atoms with E-state index in [1.165, 1.54) is 5.56 Å². The highest BCUT2D eigenvalue weighted by Crippen LogP contribution is 2.36. The molecule has 4 rings (SSSR count). The highest BCUT2D eigenvalue weighted by Gasteiger charge is 2.29. The third-order valence-electron chi connectivity index (χ3n) is 4.61. The van der Waals surface area contributed by atoms with Crippen molar-refractivity contribution in [3.63, 3.8) is 0 Å². The molecule has 2 N–H and O–H groups in total. The maximum atomic E-state index is 12.9. The van der Waals surface area contributed by atoms with Crippen LogP contribution in [0.4, 0.5) is 5.69 Å². The molecule has 0 fully saturated rings. The van der Waals surface area contributed by atoms with Gasteiger partial charge in [-0.3, -0.25) is 9.78 Å². The number of pyridine rings is 1. The molecule has 0 spiro atoms. The van der Waals surface area contributed by atoms with Crippen LogP contribution in [-0.4, -0.2) is 24.0 Å². The van der Waals surface area contributed by atoms with Gasteiger partial charge in [-0.1, -0.05) is 11.6 Å². The number of ether oxygens (including phenoxy) is 1. The number of hydrogen-bond donors (Lipinski definition) is 2. The summed E-state index contributed by atoms with van der Waals surface area (Å²) in [5, 5.41) is 7.01. The molecule has 3 heterocycles. The van der Waals surface area contributed by atoms with Crippen LogP contribution in [-0.2, 0) is 17.8 Å². The molecule has 2 aliphatic rings. The number of fused-ring (bicyclic) bond motifs is 2. The lowest BCUT2D eigenvalue weighted by atomic mass is 9.92. The first kappa shape index (κ1) is 15.4. The summed E-state index contributed by atoms with van der Waals surface area (Å²) in [5.41, 5.74) is 3.96. The fraction of sp³-hybridized carbons (Fsp3) is 0.333. The Bertz CT molecular complexity index is 794. The Hall–Kier alpha value is -2.11. The molecule has 124 valence electrons. The second kappa shape index (κ2) is 6.42. The van der Waals surface area contributed by atoms with Gasteiger partial charge in [0.25, 0.3) is 0 Å². The van der Waals surface area contributed by atoms with Crippen LogP contribution < -0.4 is 15.4 Å². The van der Waals surface area contributed by atoms with Crippen LogP contribution in [0, 0.1) is 0 Å². The molecule has 0 aliphatic carbocycles. The molecular weight excluding hydrogens is 326 g/mol. The van der Waals surface area contributed by atoms with Crippen molar-refractivity contribution in [1.29, 1.82) is 0 Å². The van der Waals surface area contributed by atoms with Crippen LogP contribution >= 0.6 is 11.6 Å². The average molecular weight is 344 g/mol. The molecule has 1 amide bonds. The summed E-state index contributed by atoms with van der Waals surface area (Å²) in [6.07, 6.45) is 5.18. The van der Waals surface area contributed by atoms with E-state index >= 15 is 0 Å². The van der Waals surface area contributed by atoms with E-state index in [-0.39, 0.29) is 11.8 Å². The Morgan fingerprint density at radius 1 is 1.38 bits per heavy atom. The second-order valence-corrected chi connectivity index (χ2v) is 6.55. The highest BCUT2D eigenvalue weighted by molar-refractivity contribution is 6.30. The van der Waals surface area contributed by atoms with Crippen LogP contribution in [0.3, 0.4) is 0 Å². The average Bonchev–Trinajstić information content (AvgIpc) is 2.61. The molecule has 0 radical (unpaired) electrons. The molecule has 0 bridgehead atoms. The number of carbonyl (C=O) groups excluding carboxylic acids is 1. The van der Waals surface area contributed by atoms with Gasteiger partial charge < -0.3 is 15.4 Å². The molecule has 6 heteroatoms. The number of amides is 1. The molecule has 0 saturated heterocycles. The lowest BCUT2D eigenvalue weighted by Gasteiger charge is -2.26. The number of hydrogen-bond acceptors (Lipinski definition) is 4. The molecule has 1 aromatic carbocycles. The summed E-state index contributed by atoms with van der Waals surface area (Å²) in [6.45, 7) is 2.22. The van der Waals surface area contributed by atoms with Crippen molar-refractivity contribution in [3.8, 4) is 5.75 Å². The van der Waals surface area contributed by atoms with Crippen molar-refractivity contribution in [2.24, 2.45) is 0 Å². The van der Waals surface area contributed by atoms with Gasteiger partial charge in [-0.05, 0) is 48.7 Å². The van der Waals surface area contributed by atoms with Crippen molar-refractivity contribution in [2.75, 3.05) is 18.5 Å². The van der Waals surface area contributed by atoms with Gasteiger partial charge in [0.15, 0.2) is 0 Å². The summed E-state index contributed by atoms with van der Waals surface area (Å²) in [6, 6.07) is 5.43. The van der Waals surface area contributed by atoms with Gasteiger partial charge >= 0.3 is 0 Å². The standard InChI is InChI=1S/C18H18ClN3O2/c19-12-1-2-17-14(7-12)13(4-6-24-17)18(23)22-16-10-21-8-11-3-5-20-9-15(11)16/h1-2,7-8,10,13,20H,3-6,9H2,(H,22,23). The number of aromatic nitrogens is 1. The zero-order valence-corrected chi connectivity index (χ0v) is 13.9. The number of benzene rings is 1. The number of rotatable bonds is 2. The molecule has 1 atom stereocenters. The molecule has 1 unspecified atom stereocenters. The minimum atomic E-state index is -0.264. The topological polar surface area (TPSA) is 63.2 Å². The summed E-state index contributed by atoms with van der Waals surface area (Å²) in [4.78, 5) is 17.1. The van der Waals surface area contributed by atoms with Gasteiger partial charge in [0.05, 0.1) is 24.4 Å². The van der Waals surface area contributed by atoms with Crippen molar-refractivity contribution in [2.45, 2.75) is 25.3 Å². The molecule has 1 aromatic heterocycles. The number of anilines is 1.